The van der Waals surface area contributed by atoms with E-state index in [0.29, 0.717) is 5.75 Å². The van der Waals surface area contributed by atoms with E-state index in [0.717, 1.165) is 30.6 Å². The number of nitrogens with zero attached hydrogens (tertiary/aromatic N) is 1. The predicted octanol–water partition coefficient (Wildman–Crippen LogP) is 3.82. The third-order valence-corrected chi connectivity index (χ3v) is 5.62. The van der Waals surface area contributed by atoms with Crippen LogP contribution in [0.2, 0.25) is 0 Å². The zero-order chi connectivity index (χ0) is 16.9. The largest absolute Gasteiger partial charge is 0.388 e. The molecule has 1 amide bonds. The van der Waals surface area contributed by atoms with Gasteiger partial charge in [-0.3, -0.25) is 4.79 Å². The summed E-state index contributed by atoms with van der Waals surface area (Å²) in [5.41, 5.74) is 3.19. The summed E-state index contributed by atoms with van der Waals surface area (Å²) in [5, 5.41) is 10.1. The minimum atomic E-state index is -0.542. The number of fused-ring (bicyclic) bond motifs is 1. The molecular weight excluding hydrogens is 318 g/mol. The molecule has 2 aromatic rings. The highest BCUT2D eigenvalue weighted by molar-refractivity contribution is 8.00. The van der Waals surface area contributed by atoms with Crippen LogP contribution in [0.15, 0.2) is 54.6 Å². The Morgan fingerprint density at radius 2 is 1.88 bits per heavy atom. The van der Waals surface area contributed by atoms with Crippen LogP contribution in [0.3, 0.4) is 0 Å². The summed E-state index contributed by atoms with van der Waals surface area (Å²) in [6, 6.07) is 17.8. The van der Waals surface area contributed by atoms with Crippen molar-refractivity contribution in [1.82, 2.24) is 0 Å². The second-order valence-corrected chi connectivity index (χ2v) is 7.50. The highest BCUT2D eigenvalue weighted by atomic mass is 32.2. The quantitative estimate of drug-likeness (QED) is 0.899. The maximum atomic E-state index is 12.8. The number of hydrogen-bond donors (Lipinski definition) is 1. The highest BCUT2D eigenvalue weighted by Crippen LogP contribution is 2.29. The third-order valence-electron chi connectivity index (χ3n) is 4.41. The molecule has 0 unspecified atom stereocenters. The smallest absolute Gasteiger partial charge is 0.239 e. The molecule has 4 heteroatoms. The zero-order valence-electron chi connectivity index (χ0n) is 13.9. The number of para-hydroxylation sites is 1. The van der Waals surface area contributed by atoms with E-state index in [4.69, 9.17) is 0 Å². The van der Waals surface area contributed by atoms with Crippen molar-refractivity contribution in [3.8, 4) is 0 Å². The number of carbonyl (C=O) groups excluding carboxylic acids is 1. The number of rotatable bonds is 5. The number of anilines is 1. The number of benzene rings is 2. The normalized spacial score (nSPS) is 16.3. The number of hydrogen-bond acceptors (Lipinski definition) is 3. The lowest BCUT2D eigenvalue weighted by Crippen LogP contribution is -2.40. The topological polar surface area (TPSA) is 40.5 Å². The van der Waals surface area contributed by atoms with Crippen molar-refractivity contribution in [2.75, 3.05) is 17.2 Å². The van der Waals surface area contributed by atoms with Gasteiger partial charge in [0.1, 0.15) is 0 Å². The van der Waals surface area contributed by atoms with E-state index in [1.807, 2.05) is 60.4 Å². The Balaban J connectivity index is 1.61. The molecule has 1 N–H and O–H groups in total. The van der Waals surface area contributed by atoms with E-state index < -0.39 is 6.10 Å². The second-order valence-electron chi connectivity index (χ2n) is 6.12. The lowest BCUT2D eigenvalue weighted by atomic mass is 10.0. The van der Waals surface area contributed by atoms with Crippen LogP contribution in [0.25, 0.3) is 0 Å². The molecule has 3 rings (SSSR count). The van der Waals surface area contributed by atoms with Gasteiger partial charge < -0.3 is 10.0 Å². The number of carbonyl (C=O) groups is 1. The Morgan fingerprint density at radius 3 is 2.67 bits per heavy atom. The number of aryl methyl sites for hydroxylation is 1. The van der Waals surface area contributed by atoms with Crippen molar-refractivity contribution in [2.45, 2.75) is 31.1 Å². The van der Waals surface area contributed by atoms with E-state index in [1.165, 1.54) is 17.3 Å². The molecule has 126 valence electrons. The van der Waals surface area contributed by atoms with Gasteiger partial charge in [-0.05, 0) is 37.0 Å². The summed E-state index contributed by atoms with van der Waals surface area (Å²) in [5.74, 6) is 0.652. The number of aliphatic hydroxyl groups is 1. The van der Waals surface area contributed by atoms with Gasteiger partial charge >= 0.3 is 0 Å². The third kappa shape index (κ3) is 3.82. The number of aliphatic hydroxyl groups excluding tert-OH is 1. The molecule has 2 atom stereocenters. The minimum absolute atomic E-state index is 0.132. The molecule has 3 nitrogen and oxygen atoms in total. The van der Waals surface area contributed by atoms with Crippen LogP contribution in [-0.4, -0.2) is 28.6 Å². The minimum Gasteiger partial charge on any atom is -0.388 e. The fourth-order valence-electron chi connectivity index (χ4n) is 3.06. The molecule has 0 aromatic heterocycles. The lowest BCUT2D eigenvalue weighted by molar-refractivity contribution is -0.117. The summed E-state index contributed by atoms with van der Waals surface area (Å²) in [6.45, 7) is 2.71. The van der Waals surface area contributed by atoms with Crippen LogP contribution >= 0.6 is 11.8 Å². The van der Waals surface area contributed by atoms with Crippen LogP contribution in [0, 0.1) is 0 Å². The average molecular weight is 341 g/mol. The first kappa shape index (κ1) is 17.1. The molecule has 0 fully saturated rings. The second kappa shape index (κ2) is 7.86. The Hall–Kier alpha value is -1.78. The summed E-state index contributed by atoms with van der Waals surface area (Å²) < 4.78 is 0. The monoisotopic (exact) mass is 341 g/mol. The van der Waals surface area contributed by atoms with Gasteiger partial charge in [0.25, 0.3) is 0 Å². The van der Waals surface area contributed by atoms with Crippen molar-refractivity contribution < 1.29 is 9.90 Å². The van der Waals surface area contributed by atoms with Crippen molar-refractivity contribution in [3.63, 3.8) is 0 Å². The fourth-order valence-corrected chi connectivity index (χ4v) is 3.99. The van der Waals surface area contributed by atoms with Crippen molar-refractivity contribution >= 4 is 23.4 Å². The molecule has 0 spiro atoms. The maximum Gasteiger partial charge on any atom is 0.239 e. The first-order chi connectivity index (χ1) is 11.7. The van der Waals surface area contributed by atoms with Crippen molar-refractivity contribution in [3.05, 3.63) is 65.7 Å². The standard InChI is InChI=1S/C20H23NO2S/c1-15(24-14-19(22)17-9-3-2-4-10-17)20(23)21-13-7-11-16-8-5-6-12-18(16)21/h2-6,8-10,12,15,19,22H,7,11,13-14H2,1H3/t15-,19-/m0/s1. The van der Waals surface area contributed by atoms with Gasteiger partial charge in [0.05, 0.1) is 11.4 Å². The summed E-state index contributed by atoms with van der Waals surface area (Å²) >= 11 is 1.51. The van der Waals surface area contributed by atoms with Crippen molar-refractivity contribution in [2.24, 2.45) is 0 Å². The number of amides is 1. The first-order valence-corrected chi connectivity index (χ1v) is 9.45. The number of thioether (sulfide) groups is 1. The van der Waals surface area contributed by atoms with Crippen LogP contribution < -0.4 is 4.90 Å². The molecule has 0 aliphatic carbocycles. The Kier molecular flexibility index (Phi) is 5.59. The molecule has 1 aliphatic heterocycles. The highest BCUT2D eigenvalue weighted by Gasteiger charge is 2.26. The van der Waals surface area contributed by atoms with Crippen LogP contribution in [0.1, 0.15) is 30.6 Å². The van der Waals surface area contributed by atoms with E-state index in [9.17, 15) is 9.90 Å². The first-order valence-electron chi connectivity index (χ1n) is 8.40. The molecule has 24 heavy (non-hydrogen) atoms. The molecule has 0 saturated carbocycles. The van der Waals surface area contributed by atoms with E-state index in [2.05, 4.69) is 6.07 Å². The fraction of sp³-hybridized carbons (Fsp3) is 0.350. The Morgan fingerprint density at radius 1 is 1.17 bits per heavy atom. The summed E-state index contributed by atoms with van der Waals surface area (Å²) in [4.78, 5) is 14.7. The SMILES string of the molecule is C[C@H](SC[C@H](O)c1ccccc1)C(=O)N1CCCc2ccccc21. The van der Waals surface area contributed by atoms with Gasteiger partial charge in [-0.2, -0.15) is 0 Å². The van der Waals surface area contributed by atoms with Gasteiger partial charge in [-0.15, -0.1) is 11.8 Å². The Labute approximate surface area is 147 Å². The summed E-state index contributed by atoms with van der Waals surface area (Å²) in [7, 11) is 0. The zero-order valence-corrected chi connectivity index (χ0v) is 14.7. The molecule has 1 heterocycles. The predicted molar refractivity (Wildman–Crippen MR) is 100 cm³/mol. The van der Waals surface area contributed by atoms with Crippen molar-refractivity contribution in [1.29, 1.82) is 0 Å². The molecule has 2 aromatic carbocycles. The van der Waals surface area contributed by atoms with Gasteiger partial charge in [-0.1, -0.05) is 48.5 Å². The molecular formula is C20H23NO2S. The van der Waals surface area contributed by atoms with E-state index in [-0.39, 0.29) is 11.2 Å². The molecule has 0 saturated heterocycles. The lowest BCUT2D eigenvalue weighted by Gasteiger charge is -2.31. The van der Waals surface area contributed by atoms with Gasteiger partial charge in [-0.25, -0.2) is 0 Å². The molecule has 0 radical (unpaired) electrons. The van der Waals surface area contributed by atoms with E-state index in [1.54, 1.807) is 0 Å². The summed E-state index contributed by atoms with van der Waals surface area (Å²) in [6.07, 6.45) is 1.50. The molecule has 0 bridgehead atoms. The van der Waals surface area contributed by atoms with Crippen LogP contribution in [-0.2, 0) is 11.2 Å². The Bertz CT molecular complexity index is 689. The maximum absolute atomic E-state index is 12.8. The molecule has 1 aliphatic rings. The van der Waals surface area contributed by atoms with Gasteiger partial charge in [0.2, 0.25) is 5.91 Å². The van der Waals surface area contributed by atoms with Gasteiger partial charge in [0.15, 0.2) is 0 Å². The average Bonchev–Trinajstić information content (AvgIpc) is 2.65. The van der Waals surface area contributed by atoms with Crippen LogP contribution in [0.5, 0.6) is 0 Å². The van der Waals surface area contributed by atoms with Crippen LogP contribution in [0.4, 0.5) is 5.69 Å². The van der Waals surface area contributed by atoms with Gasteiger partial charge in [0, 0.05) is 18.0 Å². The van der Waals surface area contributed by atoms with E-state index >= 15 is 0 Å².